The zero-order valence-corrected chi connectivity index (χ0v) is 13.6. The fraction of sp³-hybridized carbons (Fsp3) is 0. The van der Waals surface area contributed by atoms with E-state index in [0.29, 0.717) is 11.6 Å². The minimum atomic E-state index is 0.667. The van der Waals surface area contributed by atoms with Gasteiger partial charge in [-0.3, -0.25) is 0 Å². The van der Waals surface area contributed by atoms with E-state index in [2.05, 4.69) is 66.3 Å². The quantitative estimate of drug-likeness (QED) is 0.457. The fourth-order valence-electron chi connectivity index (χ4n) is 3.12. The summed E-state index contributed by atoms with van der Waals surface area (Å²) in [5.74, 6) is 1.33. The Morgan fingerprint density at radius 1 is 0.462 bits per heavy atom. The molecular formula is C20H12N6. The first-order chi connectivity index (χ1) is 12.9. The van der Waals surface area contributed by atoms with Crippen molar-refractivity contribution in [2.24, 2.45) is 0 Å². The second-order valence-electron chi connectivity index (χ2n) is 5.86. The zero-order valence-electron chi connectivity index (χ0n) is 13.6. The topological polar surface area (TPSA) is 77.3 Å². The summed E-state index contributed by atoms with van der Waals surface area (Å²) < 4.78 is 0. The van der Waals surface area contributed by atoms with Crippen molar-refractivity contribution in [3.63, 3.8) is 0 Å². The molecule has 122 valence electrons. The highest BCUT2D eigenvalue weighted by molar-refractivity contribution is 6.09. The van der Waals surface area contributed by atoms with Crippen LogP contribution in [-0.2, 0) is 0 Å². The van der Waals surface area contributed by atoms with E-state index in [1.807, 2.05) is 12.1 Å². The van der Waals surface area contributed by atoms with Gasteiger partial charge < -0.3 is 0 Å². The molecule has 2 aromatic heterocycles. The van der Waals surface area contributed by atoms with Crippen molar-refractivity contribution in [3.8, 4) is 22.8 Å². The monoisotopic (exact) mass is 336 g/mol. The van der Waals surface area contributed by atoms with Crippen LogP contribution in [0.25, 0.3) is 44.3 Å². The van der Waals surface area contributed by atoms with Gasteiger partial charge in [0.1, 0.15) is 25.3 Å². The lowest BCUT2D eigenvalue weighted by molar-refractivity contribution is 1.06. The summed E-state index contributed by atoms with van der Waals surface area (Å²) in [6.07, 6.45) is 6.04. The lowest BCUT2D eigenvalue weighted by Gasteiger charge is -2.08. The second-order valence-corrected chi connectivity index (χ2v) is 5.86. The standard InChI is InChI=1S/C20H12N6/c1-3-14-7-15(19-23-9-21-10-24-19)5-6-17(14)18-8-16(4-2-13(1)18)20-25-11-22-12-26-20/h1-12H. The van der Waals surface area contributed by atoms with E-state index in [9.17, 15) is 0 Å². The lowest BCUT2D eigenvalue weighted by atomic mass is 9.98. The molecule has 0 spiro atoms. The molecular weight excluding hydrogens is 324 g/mol. The highest BCUT2D eigenvalue weighted by Crippen LogP contribution is 2.30. The van der Waals surface area contributed by atoms with Crippen LogP contribution >= 0.6 is 0 Å². The van der Waals surface area contributed by atoms with Gasteiger partial charge in [0.05, 0.1) is 0 Å². The minimum Gasteiger partial charge on any atom is -0.225 e. The van der Waals surface area contributed by atoms with Gasteiger partial charge in [-0.1, -0.05) is 36.4 Å². The summed E-state index contributed by atoms with van der Waals surface area (Å²) in [6, 6.07) is 16.7. The summed E-state index contributed by atoms with van der Waals surface area (Å²) in [7, 11) is 0. The lowest BCUT2D eigenvalue weighted by Crippen LogP contribution is -1.90. The maximum absolute atomic E-state index is 4.24. The molecule has 0 unspecified atom stereocenters. The third-order valence-electron chi connectivity index (χ3n) is 4.34. The number of hydrogen-bond acceptors (Lipinski definition) is 6. The molecule has 0 radical (unpaired) electrons. The van der Waals surface area contributed by atoms with Crippen LogP contribution in [0.4, 0.5) is 0 Å². The predicted octanol–water partition coefficient (Wildman–Crippen LogP) is 3.70. The summed E-state index contributed by atoms with van der Waals surface area (Å²) in [5, 5.41) is 4.62. The van der Waals surface area contributed by atoms with Crippen molar-refractivity contribution in [2.75, 3.05) is 0 Å². The van der Waals surface area contributed by atoms with Crippen LogP contribution in [-0.4, -0.2) is 29.9 Å². The normalized spacial score (nSPS) is 11.1. The van der Waals surface area contributed by atoms with Gasteiger partial charge >= 0.3 is 0 Å². The molecule has 6 heteroatoms. The van der Waals surface area contributed by atoms with Crippen molar-refractivity contribution in [2.45, 2.75) is 0 Å². The number of benzene rings is 3. The van der Waals surface area contributed by atoms with Crippen LogP contribution in [0.5, 0.6) is 0 Å². The van der Waals surface area contributed by atoms with Crippen molar-refractivity contribution in [1.82, 2.24) is 29.9 Å². The molecule has 6 nitrogen and oxygen atoms in total. The number of aromatic nitrogens is 6. The van der Waals surface area contributed by atoms with E-state index >= 15 is 0 Å². The first-order valence-electron chi connectivity index (χ1n) is 8.10. The van der Waals surface area contributed by atoms with Crippen LogP contribution in [0.15, 0.2) is 73.8 Å². The predicted molar refractivity (Wildman–Crippen MR) is 99.1 cm³/mol. The van der Waals surface area contributed by atoms with Gasteiger partial charge in [0.2, 0.25) is 0 Å². The van der Waals surface area contributed by atoms with Gasteiger partial charge in [-0.25, -0.2) is 29.9 Å². The minimum absolute atomic E-state index is 0.667. The molecule has 0 saturated heterocycles. The zero-order chi connectivity index (χ0) is 17.3. The molecule has 0 saturated carbocycles. The SMILES string of the molecule is c1ncnc(-c2ccc3c(ccc4ccc(-c5ncncn5)cc43)c2)n1. The summed E-state index contributed by atoms with van der Waals surface area (Å²) >= 11 is 0. The number of fused-ring (bicyclic) bond motifs is 3. The van der Waals surface area contributed by atoms with Crippen molar-refractivity contribution < 1.29 is 0 Å². The second kappa shape index (κ2) is 5.93. The summed E-state index contributed by atoms with van der Waals surface area (Å²) in [4.78, 5) is 24.7. The van der Waals surface area contributed by atoms with E-state index in [4.69, 9.17) is 0 Å². The Labute approximate surface area is 148 Å². The Morgan fingerprint density at radius 2 is 1.00 bits per heavy atom. The largest absolute Gasteiger partial charge is 0.225 e. The Kier molecular flexibility index (Phi) is 3.31. The third kappa shape index (κ3) is 2.44. The van der Waals surface area contributed by atoms with Crippen LogP contribution in [0.1, 0.15) is 0 Å². The average Bonchev–Trinajstić information content (AvgIpc) is 2.74. The molecule has 5 rings (SSSR count). The Balaban J connectivity index is 1.71. The first-order valence-corrected chi connectivity index (χ1v) is 8.10. The third-order valence-corrected chi connectivity index (χ3v) is 4.34. The van der Waals surface area contributed by atoms with Gasteiger partial charge in [0.15, 0.2) is 11.6 Å². The average molecular weight is 336 g/mol. The highest BCUT2D eigenvalue weighted by atomic mass is 15.0. The maximum Gasteiger partial charge on any atom is 0.162 e. The molecule has 2 heterocycles. The van der Waals surface area contributed by atoms with E-state index < -0.39 is 0 Å². The summed E-state index contributed by atoms with van der Waals surface area (Å²) in [5.41, 5.74) is 1.93. The molecule has 0 fully saturated rings. The number of nitrogens with zero attached hydrogens (tertiary/aromatic N) is 6. The molecule has 0 aliphatic heterocycles. The van der Waals surface area contributed by atoms with Crippen molar-refractivity contribution >= 4 is 21.5 Å². The molecule has 26 heavy (non-hydrogen) atoms. The summed E-state index contributed by atoms with van der Waals surface area (Å²) in [6.45, 7) is 0. The molecule has 0 aliphatic rings. The van der Waals surface area contributed by atoms with Crippen LogP contribution in [0, 0.1) is 0 Å². The van der Waals surface area contributed by atoms with Crippen molar-refractivity contribution in [3.05, 3.63) is 73.8 Å². The van der Waals surface area contributed by atoms with Gasteiger partial charge in [0, 0.05) is 11.1 Å². The number of hydrogen-bond donors (Lipinski definition) is 0. The first kappa shape index (κ1) is 14.5. The molecule has 0 amide bonds. The van der Waals surface area contributed by atoms with Crippen LogP contribution in [0.2, 0.25) is 0 Å². The Morgan fingerprint density at radius 3 is 1.69 bits per heavy atom. The van der Waals surface area contributed by atoms with E-state index in [1.165, 1.54) is 30.7 Å². The molecule has 0 aliphatic carbocycles. The Bertz CT molecular complexity index is 1220. The molecule has 0 N–H and O–H groups in total. The number of rotatable bonds is 2. The van der Waals surface area contributed by atoms with E-state index in [1.54, 1.807) is 0 Å². The smallest absolute Gasteiger partial charge is 0.162 e. The van der Waals surface area contributed by atoms with Gasteiger partial charge in [-0.2, -0.15) is 0 Å². The molecule has 0 atom stereocenters. The molecule has 5 aromatic rings. The van der Waals surface area contributed by atoms with E-state index in [0.717, 1.165) is 27.3 Å². The van der Waals surface area contributed by atoms with Gasteiger partial charge in [-0.05, 0) is 33.7 Å². The van der Waals surface area contributed by atoms with Gasteiger partial charge in [-0.15, -0.1) is 0 Å². The maximum atomic E-state index is 4.24. The molecule has 3 aromatic carbocycles. The van der Waals surface area contributed by atoms with Crippen LogP contribution < -0.4 is 0 Å². The van der Waals surface area contributed by atoms with E-state index in [-0.39, 0.29) is 0 Å². The highest BCUT2D eigenvalue weighted by Gasteiger charge is 2.07. The van der Waals surface area contributed by atoms with Crippen LogP contribution in [0.3, 0.4) is 0 Å². The fourth-order valence-corrected chi connectivity index (χ4v) is 3.12. The Hall–Kier alpha value is -3.80. The van der Waals surface area contributed by atoms with Crippen molar-refractivity contribution in [1.29, 1.82) is 0 Å². The molecule has 0 bridgehead atoms. The van der Waals surface area contributed by atoms with Gasteiger partial charge in [0.25, 0.3) is 0 Å².